The maximum Gasteiger partial charge on any atom is 0.294 e. The lowest BCUT2D eigenvalue weighted by Gasteiger charge is -2.27. The summed E-state index contributed by atoms with van der Waals surface area (Å²) in [5.74, 6) is -2.19. The number of nitrogens with zero attached hydrogens (tertiary/aromatic N) is 1. The molecule has 3 rings (SSSR count). The Morgan fingerprint density at radius 2 is 1.81 bits per heavy atom. The van der Waals surface area contributed by atoms with Crippen molar-refractivity contribution in [1.82, 2.24) is 0 Å². The van der Waals surface area contributed by atoms with E-state index in [9.17, 15) is 24.2 Å². The van der Waals surface area contributed by atoms with Crippen LogP contribution in [0.2, 0.25) is 0 Å². The first kappa shape index (κ1) is 18.6. The number of carbonyl (C=O) groups is 2. The zero-order valence-corrected chi connectivity index (χ0v) is 15.0. The van der Waals surface area contributed by atoms with E-state index < -0.39 is 23.5 Å². The van der Waals surface area contributed by atoms with E-state index >= 15 is 0 Å². The van der Waals surface area contributed by atoms with Crippen LogP contribution in [0.15, 0.2) is 59.9 Å². The highest BCUT2D eigenvalue weighted by Gasteiger charge is 2.44. The molecule has 0 radical (unpaired) electrons. The van der Waals surface area contributed by atoms with Gasteiger partial charge >= 0.3 is 0 Å². The molecule has 0 bridgehead atoms. The van der Waals surface area contributed by atoms with Crippen LogP contribution in [0, 0.1) is 11.7 Å². The minimum absolute atomic E-state index is 0.0105. The molecular weight excluding hydrogens is 349 g/mol. The van der Waals surface area contributed by atoms with Crippen molar-refractivity contribution in [2.75, 3.05) is 4.90 Å². The average Bonchev–Trinajstić information content (AvgIpc) is 2.86. The van der Waals surface area contributed by atoms with Gasteiger partial charge in [-0.15, -0.1) is 0 Å². The summed E-state index contributed by atoms with van der Waals surface area (Å²) in [6.07, 6.45) is 0.165. The van der Waals surface area contributed by atoms with Crippen LogP contribution in [-0.4, -0.2) is 21.9 Å². The first-order valence-corrected chi connectivity index (χ1v) is 8.64. The van der Waals surface area contributed by atoms with E-state index in [-0.39, 0.29) is 35.1 Å². The Bertz CT molecular complexity index is 918. The summed E-state index contributed by atoms with van der Waals surface area (Å²) >= 11 is 0. The molecule has 5 nitrogen and oxygen atoms in total. The van der Waals surface area contributed by atoms with Gasteiger partial charge in [0.2, 0.25) is 0 Å². The number of rotatable bonds is 5. The Balaban J connectivity index is 2.15. The zero-order valence-electron chi connectivity index (χ0n) is 15.0. The van der Waals surface area contributed by atoms with Crippen molar-refractivity contribution in [3.63, 3.8) is 0 Å². The van der Waals surface area contributed by atoms with Gasteiger partial charge in [0, 0.05) is 12.1 Å². The number of phenols is 1. The number of phenolic OH excluding ortho intramolecular Hbond substituents is 1. The molecule has 2 aromatic carbocycles. The van der Waals surface area contributed by atoms with Crippen LogP contribution in [0.1, 0.15) is 31.9 Å². The highest BCUT2D eigenvalue weighted by atomic mass is 19.1. The fourth-order valence-corrected chi connectivity index (χ4v) is 3.24. The van der Waals surface area contributed by atoms with E-state index in [1.54, 1.807) is 12.1 Å². The molecule has 27 heavy (non-hydrogen) atoms. The number of anilines is 1. The van der Waals surface area contributed by atoms with Crippen molar-refractivity contribution < 1.29 is 24.2 Å². The summed E-state index contributed by atoms with van der Waals surface area (Å²) in [5.41, 5.74) is 0.752. The van der Waals surface area contributed by atoms with Gasteiger partial charge in [-0.3, -0.25) is 14.5 Å². The van der Waals surface area contributed by atoms with Gasteiger partial charge in [0.15, 0.2) is 11.5 Å². The highest BCUT2D eigenvalue weighted by Crippen LogP contribution is 2.42. The third kappa shape index (κ3) is 3.56. The molecule has 0 saturated carbocycles. The third-order valence-corrected chi connectivity index (χ3v) is 4.40. The normalized spacial score (nSPS) is 17.1. The first-order valence-electron chi connectivity index (χ1n) is 8.64. The lowest BCUT2D eigenvalue weighted by molar-refractivity contribution is -0.118. The molecule has 1 aliphatic rings. The lowest BCUT2D eigenvalue weighted by atomic mass is 9.92. The van der Waals surface area contributed by atoms with Crippen molar-refractivity contribution in [3.8, 4) is 5.75 Å². The van der Waals surface area contributed by atoms with E-state index in [4.69, 9.17) is 0 Å². The maximum absolute atomic E-state index is 13.7. The molecule has 1 aliphatic heterocycles. The number of Topliss-reactive ketones (excluding diaryl/α,β-unsaturated/α-hetero) is 1. The van der Waals surface area contributed by atoms with Crippen molar-refractivity contribution in [2.24, 2.45) is 5.92 Å². The summed E-state index contributed by atoms with van der Waals surface area (Å²) in [7, 11) is 0. The third-order valence-electron chi connectivity index (χ3n) is 4.40. The number of aromatic hydroxyl groups is 1. The monoisotopic (exact) mass is 369 g/mol. The molecular formula is C21H20FNO4. The number of benzene rings is 2. The highest BCUT2D eigenvalue weighted by molar-refractivity contribution is 6.16. The standard InChI is InChI=1S/C21H20FNO4/c1-12(2)10-17(25)18-19(13-6-8-16(24)9-7-13)23(21(27)20(18)26)15-5-3-4-14(22)11-15/h3-9,11-12,19,24,26H,10H2,1-2H3. The SMILES string of the molecule is CC(C)CC(=O)C1=C(O)C(=O)N(c2cccc(F)c2)C1c1ccc(O)cc1. The summed E-state index contributed by atoms with van der Waals surface area (Å²) in [6, 6.07) is 10.5. The topological polar surface area (TPSA) is 77.8 Å². The minimum Gasteiger partial charge on any atom is -0.508 e. The van der Waals surface area contributed by atoms with Gasteiger partial charge in [-0.2, -0.15) is 0 Å². The number of ketones is 1. The van der Waals surface area contributed by atoms with Crippen LogP contribution in [0.3, 0.4) is 0 Å². The van der Waals surface area contributed by atoms with Gasteiger partial charge in [0.1, 0.15) is 11.6 Å². The molecule has 0 aliphatic carbocycles. The molecule has 2 N–H and O–H groups in total. The van der Waals surface area contributed by atoms with E-state index in [1.165, 1.54) is 41.3 Å². The van der Waals surface area contributed by atoms with E-state index in [0.29, 0.717) is 5.56 Å². The Kier molecular flexibility index (Phi) is 4.99. The molecule has 2 aromatic rings. The number of hydrogen-bond acceptors (Lipinski definition) is 4. The van der Waals surface area contributed by atoms with Crippen LogP contribution in [0.25, 0.3) is 0 Å². The van der Waals surface area contributed by atoms with Gasteiger partial charge in [0.25, 0.3) is 5.91 Å². The largest absolute Gasteiger partial charge is 0.508 e. The fraction of sp³-hybridized carbons (Fsp3) is 0.238. The van der Waals surface area contributed by atoms with Crippen LogP contribution in [0.4, 0.5) is 10.1 Å². The summed E-state index contributed by atoms with van der Waals surface area (Å²) in [5, 5.41) is 20.0. The molecule has 1 atom stereocenters. The zero-order chi connectivity index (χ0) is 19.7. The van der Waals surface area contributed by atoms with Crippen molar-refractivity contribution in [1.29, 1.82) is 0 Å². The van der Waals surface area contributed by atoms with Crippen LogP contribution in [-0.2, 0) is 9.59 Å². The van der Waals surface area contributed by atoms with Gasteiger partial charge in [-0.25, -0.2) is 4.39 Å². The number of amides is 1. The van der Waals surface area contributed by atoms with E-state index in [0.717, 1.165) is 0 Å². The quantitative estimate of drug-likeness (QED) is 0.834. The molecule has 140 valence electrons. The molecule has 0 fully saturated rings. The van der Waals surface area contributed by atoms with E-state index in [2.05, 4.69) is 0 Å². The number of hydrogen-bond donors (Lipinski definition) is 2. The molecule has 1 heterocycles. The predicted molar refractivity (Wildman–Crippen MR) is 98.9 cm³/mol. The van der Waals surface area contributed by atoms with Gasteiger partial charge in [0.05, 0.1) is 11.6 Å². The number of aliphatic hydroxyl groups excluding tert-OH is 1. The van der Waals surface area contributed by atoms with Crippen molar-refractivity contribution in [2.45, 2.75) is 26.3 Å². The van der Waals surface area contributed by atoms with Gasteiger partial charge < -0.3 is 10.2 Å². The maximum atomic E-state index is 13.7. The molecule has 6 heteroatoms. The van der Waals surface area contributed by atoms with Gasteiger partial charge in [-0.1, -0.05) is 32.0 Å². The van der Waals surface area contributed by atoms with Crippen LogP contribution >= 0.6 is 0 Å². The summed E-state index contributed by atoms with van der Waals surface area (Å²) in [4.78, 5) is 26.8. The smallest absolute Gasteiger partial charge is 0.294 e. The lowest BCUT2D eigenvalue weighted by Crippen LogP contribution is -2.31. The van der Waals surface area contributed by atoms with Gasteiger partial charge in [-0.05, 0) is 41.8 Å². The van der Waals surface area contributed by atoms with Crippen LogP contribution < -0.4 is 4.90 Å². The Morgan fingerprint density at radius 3 is 2.41 bits per heavy atom. The molecule has 0 aromatic heterocycles. The van der Waals surface area contributed by atoms with Crippen molar-refractivity contribution in [3.05, 3.63) is 71.2 Å². The molecule has 1 amide bonds. The second kappa shape index (κ2) is 7.23. The Morgan fingerprint density at radius 1 is 1.15 bits per heavy atom. The summed E-state index contributed by atoms with van der Waals surface area (Å²) in [6.45, 7) is 3.73. The first-order chi connectivity index (χ1) is 12.8. The predicted octanol–water partition coefficient (Wildman–Crippen LogP) is 4.05. The number of halogens is 1. The Labute approximate surface area is 156 Å². The molecule has 1 unspecified atom stereocenters. The second-order valence-corrected chi connectivity index (χ2v) is 6.93. The van der Waals surface area contributed by atoms with Crippen molar-refractivity contribution >= 4 is 17.4 Å². The summed E-state index contributed by atoms with van der Waals surface area (Å²) < 4.78 is 13.7. The minimum atomic E-state index is -0.897. The molecule has 0 spiro atoms. The molecule has 0 saturated heterocycles. The Hall–Kier alpha value is -3.15. The number of aliphatic hydroxyl groups is 1. The second-order valence-electron chi connectivity index (χ2n) is 6.93. The average molecular weight is 369 g/mol. The van der Waals surface area contributed by atoms with Crippen LogP contribution in [0.5, 0.6) is 5.75 Å². The van der Waals surface area contributed by atoms with E-state index in [1.807, 2.05) is 13.8 Å². The number of carbonyl (C=O) groups excluding carboxylic acids is 2. The fourth-order valence-electron chi connectivity index (χ4n) is 3.24.